The van der Waals surface area contributed by atoms with Crippen LogP contribution in [0.2, 0.25) is 0 Å². The Labute approximate surface area is 105 Å². The fourth-order valence-electron chi connectivity index (χ4n) is 1.76. The van der Waals surface area contributed by atoms with Crippen LogP contribution in [-0.2, 0) is 4.74 Å². The van der Waals surface area contributed by atoms with Crippen molar-refractivity contribution in [2.75, 3.05) is 32.6 Å². The second-order valence-electron chi connectivity index (χ2n) is 3.79. The molecule has 0 atom stereocenters. The predicted octanol–water partition coefficient (Wildman–Crippen LogP) is 1.59. The Hall–Kier alpha value is -1.20. The number of hydrogen-bond acceptors (Lipinski definition) is 4. The van der Waals surface area contributed by atoms with E-state index in [-0.39, 0.29) is 11.7 Å². The van der Waals surface area contributed by atoms with Gasteiger partial charge in [-0.2, -0.15) is 0 Å². The molecule has 0 aliphatic carbocycles. The van der Waals surface area contributed by atoms with Gasteiger partial charge in [-0.25, -0.2) is 0 Å². The summed E-state index contributed by atoms with van der Waals surface area (Å²) in [6.07, 6.45) is 1.93. The monoisotopic (exact) mass is 253 g/mol. The highest BCUT2D eigenvalue weighted by Gasteiger charge is 2.20. The molecule has 92 valence electrons. The Morgan fingerprint density at radius 3 is 2.71 bits per heavy atom. The number of amides is 1. The van der Waals surface area contributed by atoms with E-state index in [1.54, 1.807) is 17.0 Å². The number of benzene rings is 1. The van der Waals surface area contributed by atoms with Crippen LogP contribution in [-0.4, -0.2) is 48.5 Å². The summed E-state index contributed by atoms with van der Waals surface area (Å²) in [5.41, 5.74) is 0.365. The zero-order valence-corrected chi connectivity index (χ0v) is 10.5. The van der Waals surface area contributed by atoms with Gasteiger partial charge in [0.1, 0.15) is 5.75 Å². The Balaban J connectivity index is 2.18. The highest BCUT2D eigenvalue weighted by Crippen LogP contribution is 2.25. The molecule has 2 rings (SSSR count). The third-order valence-corrected chi connectivity index (χ3v) is 3.46. The SMILES string of the molecule is CSc1ccc(C(=O)N2CCOCC2)c(O)c1. The zero-order chi connectivity index (χ0) is 12.3. The van der Waals surface area contributed by atoms with Gasteiger partial charge in [0.15, 0.2) is 0 Å². The molecule has 0 radical (unpaired) electrons. The van der Waals surface area contributed by atoms with E-state index in [0.717, 1.165) is 4.90 Å². The number of thioether (sulfide) groups is 1. The van der Waals surface area contributed by atoms with Crippen molar-refractivity contribution in [2.45, 2.75) is 4.90 Å². The molecule has 1 aromatic carbocycles. The molecular weight excluding hydrogens is 238 g/mol. The van der Waals surface area contributed by atoms with E-state index in [1.807, 2.05) is 12.3 Å². The summed E-state index contributed by atoms with van der Waals surface area (Å²) in [4.78, 5) is 14.8. The Bertz CT molecular complexity index is 416. The second-order valence-corrected chi connectivity index (χ2v) is 4.67. The van der Waals surface area contributed by atoms with Crippen molar-refractivity contribution in [1.29, 1.82) is 0 Å². The molecule has 0 aromatic heterocycles. The van der Waals surface area contributed by atoms with Crippen LogP contribution in [0, 0.1) is 0 Å². The van der Waals surface area contributed by atoms with Gasteiger partial charge in [-0.15, -0.1) is 11.8 Å². The van der Waals surface area contributed by atoms with Gasteiger partial charge in [-0.05, 0) is 24.5 Å². The number of nitrogens with zero attached hydrogens (tertiary/aromatic N) is 1. The van der Waals surface area contributed by atoms with Crippen LogP contribution < -0.4 is 0 Å². The summed E-state index contributed by atoms with van der Waals surface area (Å²) in [5.74, 6) is -0.0770. The van der Waals surface area contributed by atoms with E-state index < -0.39 is 0 Å². The van der Waals surface area contributed by atoms with Crippen molar-refractivity contribution in [3.8, 4) is 5.75 Å². The molecule has 4 nitrogen and oxygen atoms in total. The van der Waals surface area contributed by atoms with Crippen molar-refractivity contribution < 1.29 is 14.6 Å². The fourth-order valence-corrected chi connectivity index (χ4v) is 2.19. The van der Waals surface area contributed by atoms with E-state index in [9.17, 15) is 9.90 Å². The molecule has 1 N–H and O–H groups in total. The number of rotatable bonds is 2. The van der Waals surface area contributed by atoms with Gasteiger partial charge in [-0.1, -0.05) is 0 Å². The number of carbonyl (C=O) groups excluding carboxylic acids is 1. The van der Waals surface area contributed by atoms with Crippen LogP contribution in [0.1, 0.15) is 10.4 Å². The van der Waals surface area contributed by atoms with Gasteiger partial charge in [0.2, 0.25) is 0 Å². The highest BCUT2D eigenvalue weighted by molar-refractivity contribution is 7.98. The second kappa shape index (κ2) is 5.42. The number of phenolic OH excluding ortho intramolecular Hbond substituents is 1. The summed E-state index contributed by atoms with van der Waals surface area (Å²) < 4.78 is 5.19. The molecule has 5 heteroatoms. The number of phenols is 1. The molecule has 0 saturated carbocycles. The quantitative estimate of drug-likeness (QED) is 0.813. The lowest BCUT2D eigenvalue weighted by atomic mass is 10.1. The van der Waals surface area contributed by atoms with Crippen LogP contribution in [0.25, 0.3) is 0 Å². The fraction of sp³-hybridized carbons (Fsp3) is 0.417. The van der Waals surface area contributed by atoms with Gasteiger partial charge < -0.3 is 14.7 Å². The number of aromatic hydroxyl groups is 1. The third-order valence-electron chi connectivity index (χ3n) is 2.73. The van der Waals surface area contributed by atoms with Crippen molar-refractivity contribution in [2.24, 2.45) is 0 Å². The maximum Gasteiger partial charge on any atom is 0.257 e. The lowest BCUT2D eigenvalue weighted by Gasteiger charge is -2.27. The molecule has 17 heavy (non-hydrogen) atoms. The van der Waals surface area contributed by atoms with Crippen molar-refractivity contribution in [1.82, 2.24) is 4.90 Å². The number of ether oxygens (including phenoxy) is 1. The highest BCUT2D eigenvalue weighted by atomic mass is 32.2. The summed E-state index contributed by atoms with van der Waals surface area (Å²) in [7, 11) is 0. The molecule has 0 unspecified atom stereocenters. The minimum atomic E-state index is -0.126. The topological polar surface area (TPSA) is 49.8 Å². The Morgan fingerprint density at radius 1 is 1.41 bits per heavy atom. The minimum Gasteiger partial charge on any atom is -0.507 e. The maximum atomic E-state index is 12.1. The van der Waals surface area contributed by atoms with Gasteiger partial charge in [0.05, 0.1) is 18.8 Å². The molecular formula is C12H15NO3S. The number of morpholine rings is 1. The maximum absolute atomic E-state index is 12.1. The lowest BCUT2D eigenvalue weighted by Crippen LogP contribution is -2.40. The molecule has 1 heterocycles. The van der Waals surface area contributed by atoms with Crippen molar-refractivity contribution in [3.05, 3.63) is 23.8 Å². The molecule has 1 aliphatic heterocycles. The van der Waals surface area contributed by atoms with Crippen LogP contribution in [0.4, 0.5) is 0 Å². The molecule has 1 aliphatic rings. The van der Waals surface area contributed by atoms with E-state index in [0.29, 0.717) is 31.9 Å². The van der Waals surface area contributed by atoms with Crippen LogP contribution in [0.5, 0.6) is 5.75 Å². The molecule has 1 amide bonds. The largest absolute Gasteiger partial charge is 0.507 e. The van der Waals surface area contributed by atoms with Crippen molar-refractivity contribution >= 4 is 17.7 Å². The first-order valence-corrected chi connectivity index (χ1v) is 6.69. The summed E-state index contributed by atoms with van der Waals surface area (Å²) >= 11 is 1.53. The summed E-state index contributed by atoms with van der Waals surface area (Å²) in [6.45, 7) is 2.30. The molecule has 1 saturated heterocycles. The van der Waals surface area contributed by atoms with Gasteiger partial charge >= 0.3 is 0 Å². The summed E-state index contributed by atoms with van der Waals surface area (Å²) in [6, 6.07) is 5.15. The Morgan fingerprint density at radius 2 is 2.12 bits per heavy atom. The first-order valence-electron chi connectivity index (χ1n) is 5.46. The molecule has 0 spiro atoms. The van der Waals surface area contributed by atoms with Gasteiger partial charge in [0.25, 0.3) is 5.91 Å². The first kappa shape index (κ1) is 12.3. The van der Waals surface area contributed by atoms with Crippen LogP contribution in [0.3, 0.4) is 0 Å². The lowest BCUT2D eigenvalue weighted by molar-refractivity contribution is 0.0301. The van der Waals surface area contributed by atoms with Crippen LogP contribution in [0.15, 0.2) is 23.1 Å². The standard InChI is InChI=1S/C12H15NO3S/c1-17-9-2-3-10(11(14)8-9)12(15)13-4-6-16-7-5-13/h2-3,8,14H,4-7H2,1H3. The number of carbonyl (C=O) groups is 1. The van der Waals surface area contributed by atoms with E-state index in [1.165, 1.54) is 11.8 Å². The normalized spacial score (nSPS) is 15.9. The Kier molecular flexibility index (Phi) is 3.91. The van der Waals surface area contributed by atoms with E-state index >= 15 is 0 Å². The summed E-state index contributed by atoms with van der Waals surface area (Å²) in [5, 5.41) is 9.83. The van der Waals surface area contributed by atoms with Crippen molar-refractivity contribution in [3.63, 3.8) is 0 Å². The molecule has 0 bridgehead atoms. The average molecular weight is 253 g/mol. The third kappa shape index (κ3) is 2.73. The number of hydrogen-bond donors (Lipinski definition) is 1. The average Bonchev–Trinajstić information content (AvgIpc) is 2.39. The zero-order valence-electron chi connectivity index (χ0n) is 9.68. The van der Waals surface area contributed by atoms with Crippen LogP contribution >= 0.6 is 11.8 Å². The predicted molar refractivity (Wildman–Crippen MR) is 66.6 cm³/mol. The van der Waals surface area contributed by atoms with E-state index in [4.69, 9.17) is 4.74 Å². The smallest absolute Gasteiger partial charge is 0.257 e. The molecule has 1 fully saturated rings. The van der Waals surface area contributed by atoms with Gasteiger partial charge in [-0.3, -0.25) is 4.79 Å². The molecule has 1 aromatic rings. The van der Waals surface area contributed by atoms with Gasteiger partial charge in [0, 0.05) is 18.0 Å². The first-order chi connectivity index (χ1) is 8.22. The minimum absolute atomic E-state index is 0.0494. The van der Waals surface area contributed by atoms with E-state index in [2.05, 4.69) is 0 Å².